The quantitative estimate of drug-likeness (QED) is 0.895. The first-order valence-electron chi connectivity index (χ1n) is 6.51. The number of piperazine rings is 1. The second kappa shape index (κ2) is 5.65. The highest BCUT2D eigenvalue weighted by molar-refractivity contribution is 7.11. The van der Waals surface area contributed by atoms with Crippen LogP contribution in [0.15, 0.2) is 6.20 Å². The molecule has 4 nitrogen and oxygen atoms in total. The van der Waals surface area contributed by atoms with Gasteiger partial charge in [0.15, 0.2) is 0 Å². The highest BCUT2D eigenvalue weighted by atomic mass is 32.1. The summed E-state index contributed by atoms with van der Waals surface area (Å²) in [5.41, 5.74) is -0.586. The van der Waals surface area contributed by atoms with Gasteiger partial charge in [-0.3, -0.25) is 9.80 Å². The van der Waals surface area contributed by atoms with Crippen molar-refractivity contribution in [3.8, 4) is 0 Å². The molecule has 5 heteroatoms. The third kappa shape index (κ3) is 4.31. The van der Waals surface area contributed by atoms with Crippen LogP contribution >= 0.6 is 11.3 Å². The monoisotopic (exact) mass is 269 g/mol. The van der Waals surface area contributed by atoms with E-state index >= 15 is 0 Å². The van der Waals surface area contributed by atoms with Crippen LogP contribution in [0.4, 0.5) is 0 Å². The molecular formula is C13H23N3OS. The van der Waals surface area contributed by atoms with E-state index in [1.807, 2.05) is 20.0 Å². The number of hydrogen-bond acceptors (Lipinski definition) is 5. The van der Waals surface area contributed by atoms with Crippen molar-refractivity contribution in [3.05, 3.63) is 16.1 Å². The predicted octanol–water partition coefficient (Wildman–Crippen LogP) is 1.34. The van der Waals surface area contributed by atoms with Crippen LogP contribution in [-0.4, -0.2) is 58.2 Å². The molecule has 0 aromatic carbocycles. The van der Waals surface area contributed by atoms with E-state index in [9.17, 15) is 5.11 Å². The molecule has 1 aromatic rings. The van der Waals surface area contributed by atoms with Gasteiger partial charge >= 0.3 is 0 Å². The molecule has 1 aromatic heterocycles. The van der Waals surface area contributed by atoms with Gasteiger partial charge in [-0.25, -0.2) is 4.98 Å². The summed E-state index contributed by atoms with van der Waals surface area (Å²) in [6.45, 7) is 11.8. The average Bonchev–Trinajstić information content (AvgIpc) is 2.65. The minimum Gasteiger partial charge on any atom is -0.389 e. The normalized spacial score (nSPS) is 19.3. The maximum absolute atomic E-state index is 9.81. The number of thiazole rings is 1. The fraction of sp³-hybridized carbons (Fsp3) is 0.769. The predicted molar refractivity (Wildman–Crippen MR) is 74.9 cm³/mol. The van der Waals surface area contributed by atoms with Gasteiger partial charge in [0.05, 0.1) is 10.6 Å². The van der Waals surface area contributed by atoms with Crippen LogP contribution in [0, 0.1) is 6.92 Å². The summed E-state index contributed by atoms with van der Waals surface area (Å²) in [5.74, 6) is 0. The lowest BCUT2D eigenvalue weighted by molar-refractivity contribution is 0.0168. The zero-order valence-corrected chi connectivity index (χ0v) is 12.3. The standard InChI is InChI=1S/C13H23N3OS/c1-11-14-8-12(18-11)9-15-4-6-16(7-5-15)10-13(2,3)17/h8,17H,4-7,9-10H2,1-3H3. The molecule has 1 fully saturated rings. The number of aromatic nitrogens is 1. The van der Waals surface area contributed by atoms with Crippen molar-refractivity contribution in [1.29, 1.82) is 0 Å². The van der Waals surface area contributed by atoms with Gasteiger partial charge < -0.3 is 5.11 Å². The maximum atomic E-state index is 9.81. The first-order valence-corrected chi connectivity index (χ1v) is 7.32. The molecule has 0 bridgehead atoms. The van der Waals surface area contributed by atoms with Gasteiger partial charge in [0.1, 0.15) is 0 Å². The molecule has 18 heavy (non-hydrogen) atoms. The molecule has 2 rings (SSSR count). The van der Waals surface area contributed by atoms with Crippen molar-refractivity contribution >= 4 is 11.3 Å². The summed E-state index contributed by atoms with van der Waals surface area (Å²) in [5, 5.41) is 11.0. The number of aliphatic hydroxyl groups is 1. The summed E-state index contributed by atoms with van der Waals surface area (Å²) in [6, 6.07) is 0. The van der Waals surface area contributed by atoms with Crippen molar-refractivity contribution in [1.82, 2.24) is 14.8 Å². The third-order valence-electron chi connectivity index (χ3n) is 3.12. The Balaban J connectivity index is 1.77. The maximum Gasteiger partial charge on any atom is 0.0897 e. The van der Waals surface area contributed by atoms with Crippen LogP contribution in [-0.2, 0) is 6.54 Å². The fourth-order valence-corrected chi connectivity index (χ4v) is 3.19. The third-order valence-corrected chi connectivity index (χ3v) is 4.02. The highest BCUT2D eigenvalue weighted by Crippen LogP contribution is 2.16. The van der Waals surface area contributed by atoms with E-state index in [4.69, 9.17) is 0 Å². The largest absolute Gasteiger partial charge is 0.389 e. The lowest BCUT2D eigenvalue weighted by Gasteiger charge is -2.37. The van der Waals surface area contributed by atoms with E-state index in [0.717, 1.165) is 44.3 Å². The second-order valence-electron chi connectivity index (χ2n) is 5.71. The Morgan fingerprint density at radius 1 is 1.28 bits per heavy atom. The smallest absolute Gasteiger partial charge is 0.0897 e. The van der Waals surface area contributed by atoms with E-state index in [-0.39, 0.29) is 0 Å². The molecule has 0 aliphatic carbocycles. The molecule has 0 unspecified atom stereocenters. The van der Waals surface area contributed by atoms with Gasteiger partial charge in [0.25, 0.3) is 0 Å². The van der Waals surface area contributed by atoms with Crippen molar-refractivity contribution < 1.29 is 5.11 Å². The highest BCUT2D eigenvalue weighted by Gasteiger charge is 2.22. The molecule has 0 spiro atoms. The van der Waals surface area contributed by atoms with Crippen molar-refractivity contribution in [3.63, 3.8) is 0 Å². The molecule has 1 aliphatic heterocycles. The van der Waals surface area contributed by atoms with Gasteiger partial charge in [-0.1, -0.05) is 0 Å². The Hall–Kier alpha value is -0.490. The summed E-state index contributed by atoms with van der Waals surface area (Å²) in [7, 11) is 0. The van der Waals surface area contributed by atoms with Crippen LogP contribution in [0.1, 0.15) is 23.7 Å². The van der Waals surface area contributed by atoms with Gasteiger partial charge in [-0.15, -0.1) is 11.3 Å². The molecule has 0 saturated carbocycles. The van der Waals surface area contributed by atoms with E-state index < -0.39 is 5.60 Å². The minimum absolute atomic E-state index is 0.586. The first-order chi connectivity index (χ1) is 8.42. The van der Waals surface area contributed by atoms with Gasteiger partial charge in [-0.2, -0.15) is 0 Å². The van der Waals surface area contributed by atoms with Gasteiger partial charge in [0.2, 0.25) is 0 Å². The van der Waals surface area contributed by atoms with Crippen LogP contribution in [0.25, 0.3) is 0 Å². The molecule has 0 atom stereocenters. The molecule has 1 N–H and O–H groups in total. The van der Waals surface area contributed by atoms with Crippen LogP contribution in [0.5, 0.6) is 0 Å². The van der Waals surface area contributed by atoms with E-state index in [1.165, 1.54) is 4.88 Å². The number of nitrogens with zero attached hydrogens (tertiary/aromatic N) is 3. The summed E-state index contributed by atoms with van der Waals surface area (Å²) in [6.07, 6.45) is 1.99. The number of aryl methyl sites for hydroxylation is 1. The Bertz CT molecular complexity index is 378. The van der Waals surface area contributed by atoms with Crippen LogP contribution in [0.3, 0.4) is 0 Å². The molecule has 0 radical (unpaired) electrons. The molecule has 1 aliphatic rings. The van der Waals surface area contributed by atoms with E-state index in [1.54, 1.807) is 11.3 Å². The zero-order chi connectivity index (χ0) is 13.2. The Morgan fingerprint density at radius 2 is 1.89 bits per heavy atom. The van der Waals surface area contributed by atoms with Crippen molar-refractivity contribution in [2.24, 2.45) is 0 Å². The van der Waals surface area contributed by atoms with E-state index in [2.05, 4.69) is 21.7 Å². The fourth-order valence-electron chi connectivity index (χ4n) is 2.35. The zero-order valence-electron chi connectivity index (χ0n) is 11.5. The lowest BCUT2D eigenvalue weighted by atomic mass is 10.1. The Kier molecular flexibility index (Phi) is 4.37. The molecule has 0 amide bonds. The van der Waals surface area contributed by atoms with Crippen molar-refractivity contribution in [2.45, 2.75) is 32.9 Å². The number of rotatable bonds is 4. The first kappa shape index (κ1) is 13.9. The van der Waals surface area contributed by atoms with Crippen LogP contribution < -0.4 is 0 Å². The van der Waals surface area contributed by atoms with E-state index in [0.29, 0.717) is 0 Å². The Labute approximate surface area is 113 Å². The molecule has 2 heterocycles. The SMILES string of the molecule is Cc1ncc(CN2CCN(CC(C)(C)O)CC2)s1. The topological polar surface area (TPSA) is 39.6 Å². The number of hydrogen-bond donors (Lipinski definition) is 1. The summed E-state index contributed by atoms with van der Waals surface area (Å²) < 4.78 is 0. The number of β-amino-alcohol motifs (C(OH)–C–C–N with tert-alkyl or cyclic N) is 1. The Morgan fingerprint density at radius 3 is 2.39 bits per heavy atom. The van der Waals surface area contributed by atoms with Crippen LogP contribution in [0.2, 0.25) is 0 Å². The average molecular weight is 269 g/mol. The molecule has 1 saturated heterocycles. The lowest BCUT2D eigenvalue weighted by Crippen LogP contribution is -2.50. The van der Waals surface area contributed by atoms with Gasteiger partial charge in [0, 0.05) is 50.3 Å². The molecule has 102 valence electrons. The summed E-state index contributed by atoms with van der Waals surface area (Å²) in [4.78, 5) is 10.5. The molecular weight excluding hydrogens is 246 g/mol. The minimum atomic E-state index is -0.586. The summed E-state index contributed by atoms with van der Waals surface area (Å²) >= 11 is 1.79. The van der Waals surface area contributed by atoms with Gasteiger partial charge in [-0.05, 0) is 20.8 Å². The van der Waals surface area contributed by atoms with Crippen molar-refractivity contribution in [2.75, 3.05) is 32.7 Å². The second-order valence-corrected chi connectivity index (χ2v) is 7.03.